The zero-order chi connectivity index (χ0) is 50.3. The molecule has 2 atom stereocenters. The Kier molecular flexibility index (Phi) is 26.1. The average Bonchev–Trinajstić information content (AvgIpc) is 3.28. The lowest BCUT2D eigenvalue weighted by molar-refractivity contribution is -0.147. The highest BCUT2D eigenvalue weighted by Crippen LogP contribution is 2.28. The van der Waals surface area contributed by atoms with Gasteiger partial charge >= 0.3 is 32.4 Å². The van der Waals surface area contributed by atoms with E-state index in [0.29, 0.717) is 6.61 Å². The minimum atomic E-state index is -2.78. The molecular formula is C48H76O13Si6. The van der Waals surface area contributed by atoms with Crippen molar-refractivity contribution in [1.29, 1.82) is 0 Å². The largest absolute Gasteiger partial charge is 0.460 e. The molecular weight excluding hydrogens is 953 g/mol. The van der Waals surface area contributed by atoms with Gasteiger partial charge in [-0.05, 0) is 113 Å². The van der Waals surface area contributed by atoms with Crippen LogP contribution in [0.2, 0.25) is 82.6 Å². The van der Waals surface area contributed by atoms with Crippen LogP contribution in [0.25, 0.3) is 0 Å². The predicted molar refractivity (Wildman–Crippen MR) is 279 cm³/mol. The number of ether oxygens (including phenoxy) is 4. The number of benzene rings is 2. The van der Waals surface area contributed by atoms with Crippen LogP contribution >= 0.6 is 0 Å². The van der Waals surface area contributed by atoms with E-state index in [4.69, 9.17) is 40.5 Å². The molecule has 0 amide bonds. The zero-order valence-electron chi connectivity index (χ0n) is 41.7. The minimum absolute atomic E-state index is 0.0519. The standard InChI is InChI=1S/C48H76O13Si6/c1-15-45(49)53-35-41(37-55-47(51)39(3)4)58-62(7)30-33-64(9,10)60-66(13,14)57-29-23-24-32-67(43-25-19-17-20-26-43,44-27-21-18-22-28-44)61-65(11,12)34-31-63(8)59-42(36-54-46(50)16-2)38-56-48(52)40(5)6/h15-22,25-28,41-42H,1-3,5,23-24,29-38H2,4,6-14H3. The molecule has 0 aliphatic rings. The molecule has 0 bridgehead atoms. The van der Waals surface area contributed by atoms with Crippen LogP contribution in [0.3, 0.4) is 0 Å². The summed E-state index contributed by atoms with van der Waals surface area (Å²) in [5.74, 6) is -2.20. The molecule has 0 aliphatic heterocycles. The topological polar surface area (TPSA) is 151 Å². The minimum Gasteiger partial charge on any atom is -0.460 e. The molecule has 19 heteroatoms. The van der Waals surface area contributed by atoms with Crippen molar-refractivity contribution in [2.45, 2.75) is 121 Å². The van der Waals surface area contributed by atoms with Gasteiger partial charge in [-0.3, -0.25) is 0 Å². The highest BCUT2D eigenvalue weighted by Gasteiger charge is 2.44. The fourth-order valence-electron chi connectivity index (χ4n) is 7.03. The van der Waals surface area contributed by atoms with Gasteiger partial charge in [-0.25, -0.2) is 19.2 Å². The molecule has 370 valence electrons. The highest BCUT2D eigenvalue weighted by molar-refractivity contribution is 7.02. The predicted octanol–water partition coefficient (Wildman–Crippen LogP) is 8.40. The van der Waals surface area contributed by atoms with Gasteiger partial charge in [0.05, 0.1) is 0 Å². The third kappa shape index (κ3) is 23.5. The first-order chi connectivity index (χ1) is 31.4. The molecule has 0 heterocycles. The van der Waals surface area contributed by atoms with E-state index < -0.39 is 87.7 Å². The smallest absolute Gasteiger partial charge is 0.333 e. The van der Waals surface area contributed by atoms with Crippen molar-refractivity contribution in [3.05, 3.63) is 110 Å². The molecule has 0 saturated heterocycles. The molecule has 2 unspecified atom stereocenters. The van der Waals surface area contributed by atoms with Crippen molar-refractivity contribution >= 4 is 85.8 Å². The van der Waals surface area contributed by atoms with Crippen LogP contribution in [-0.2, 0) is 59.6 Å². The van der Waals surface area contributed by atoms with Crippen LogP contribution in [0.4, 0.5) is 0 Å². The zero-order valence-corrected chi connectivity index (χ0v) is 47.7. The van der Waals surface area contributed by atoms with Crippen LogP contribution in [0.5, 0.6) is 0 Å². The third-order valence-electron chi connectivity index (χ3n) is 10.4. The quantitative estimate of drug-likeness (QED) is 0.0217. The Morgan fingerprint density at radius 1 is 0.582 bits per heavy atom. The first-order valence-corrected chi connectivity index (χ1v) is 38.2. The van der Waals surface area contributed by atoms with E-state index in [9.17, 15) is 19.2 Å². The van der Waals surface area contributed by atoms with Crippen molar-refractivity contribution in [3.63, 3.8) is 0 Å². The van der Waals surface area contributed by atoms with Crippen LogP contribution in [0.1, 0.15) is 26.7 Å². The van der Waals surface area contributed by atoms with Gasteiger partial charge < -0.3 is 40.5 Å². The summed E-state index contributed by atoms with van der Waals surface area (Å²) >= 11 is 0. The number of unbranched alkanes of at least 4 members (excludes halogenated alkanes) is 1. The van der Waals surface area contributed by atoms with Crippen molar-refractivity contribution in [3.8, 4) is 0 Å². The highest BCUT2D eigenvalue weighted by atomic mass is 28.4. The number of hydrogen-bond donors (Lipinski definition) is 0. The molecule has 2 radical (unpaired) electrons. The molecule has 2 aromatic carbocycles. The maximum Gasteiger partial charge on any atom is 0.333 e. The van der Waals surface area contributed by atoms with Gasteiger partial charge in [0.15, 0.2) is 16.6 Å². The summed E-state index contributed by atoms with van der Waals surface area (Å²) in [6.07, 6.45) is 2.70. The Labute approximate surface area is 408 Å². The summed E-state index contributed by atoms with van der Waals surface area (Å²) in [4.78, 5) is 47.8. The third-order valence-corrected chi connectivity index (χ3v) is 29.9. The molecule has 2 rings (SSSR count). The van der Waals surface area contributed by atoms with E-state index in [2.05, 4.69) is 121 Å². The normalized spacial score (nSPS) is 13.1. The van der Waals surface area contributed by atoms with Gasteiger partial charge in [0.1, 0.15) is 38.6 Å². The van der Waals surface area contributed by atoms with Crippen LogP contribution < -0.4 is 10.4 Å². The van der Waals surface area contributed by atoms with Gasteiger partial charge in [0, 0.05) is 29.9 Å². The van der Waals surface area contributed by atoms with E-state index in [1.165, 1.54) is 10.4 Å². The Balaban J connectivity index is 2.12. The number of carbonyl (C=O) groups is 4. The Bertz CT molecular complexity index is 1870. The van der Waals surface area contributed by atoms with Crippen molar-refractivity contribution in [2.75, 3.05) is 33.0 Å². The second-order valence-corrected chi connectivity index (χ2v) is 38.6. The van der Waals surface area contributed by atoms with Crippen LogP contribution in [-0.4, -0.2) is 121 Å². The summed E-state index contributed by atoms with van der Waals surface area (Å²) in [5.41, 5.74) is 0.555. The first kappa shape index (κ1) is 59.5. The Hall–Kier alpha value is -3.62. The van der Waals surface area contributed by atoms with Gasteiger partial charge in [-0.1, -0.05) is 93.4 Å². The van der Waals surface area contributed by atoms with E-state index in [-0.39, 0.29) is 37.6 Å². The summed E-state index contributed by atoms with van der Waals surface area (Å²) in [5, 5.41) is 2.46. The number of esters is 4. The lowest BCUT2D eigenvalue weighted by Gasteiger charge is -2.40. The van der Waals surface area contributed by atoms with Gasteiger partial charge in [0.2, 0.25) is 26.4 Å². The lowest BCUT2D eigenvalue weighted by atomic mass is 10.3. The maximum absolute atomic E-state index is 12.2. The summed E-state index contributed by atoms with van der Waals surface area (Å²) < 4.78 is 55.0. The van der Waals surface area contributed by atoms with Gasteiger partial charge in [-0.15, -0.1) is 0 Å². The van der Waals surface area contributed by atoms with Crippen LogP contribution in [0.15, 0.2) is 110 Å². The van der Waals surface area contributed by atoms with Crippen molar-refractivity contribution in [1.82, 2.24) is 0 Å². The number of rotatable bonds is 34. The Morgan fingerprint density at radius 3 is 1.36 bits per heavy atom. The second kappa shape index (κ2) is 29.4. The number of hydrogen-bond acceptors (Lipinski definition) is 13. The van der Waals surface area contributed by atoms with E-state index in [1.807, 2.05) is 18.7 Å². The molecule has 0 fully saturated rings. The molecule has 67 heavy (non-hydrogen) atoms. The molecule has 0 aromatic heterocycles. The monoisotopic (exact) mass is 1030 g/mol. The first-order valence-electron chi connectivity index (χ1n) is 22.8. The van der Waals surface area contributed by atoms with E-state index in [1.54, 1.807) is 13.8 Å². The van der Waals surface area contributed by atoms with E-state index >= 15 is 0 Å². The van der Waals surface area contributed by atoms with Crippen LogP contribution in [0, 0.1) is 0 Å². The average molecular weight is 1030 g/mol. The van der Waals surface area contributed by atoms with Crippen molar-refractivity contribution < 1.29 is 59.6 Å². The summed E-state index contributed by atoms with van der Waals surface area (Å²) in [6, 6.07) is 25.5. The lowest BCUT2D eigenvalue weighted by Crippen LogP contribution is -2.65. The van der Waals surface area contributed by atoms with Gasteiger partial charge in [0.25, 0.3) is 0 Å². The molecule has 0 aliphatic carbocycles. The molecule has 0 spiro atoms. The summed E-state index contributed by atoms with van der Waals surface area (Å²) in [6.45, 7) is 35.0. The fraction of sp³-hybridized carbons (Fsp3) is 0.500. The van der Waals surface area contributed by atoms with E-state index in [0.717, 1.165) is 55.2 Å². The molecule has 0 saturated carbocycles. The molecule has 2 aromatic rings. The maximum atomic E-state index is 12.2. The number of carbonyl (C=O) groups excluding carboxylic acids is 4. The van der Waals surface area contributed by atoms with Crippen molar-refractivity contribution in [2.24, 2.45) is 0 Å². The van der Waals surface area contributed by atoms with Gasteiger partial charge in [-0.2, -0.15) is 0 Å². The Morgan fingerprint density at radius 2 is 0.970 bits per heavy atom. The molecule has 0 N–H and O–H groups in total. The fourth-order valence-corrected chi connectivity index (χ4v) is 31.6. The molecule has 13 nitrogen and oxygen atoms in total. The summed E-state index contributed by atoms with van der Waals surface area (Å²) in [7, 11) is -12.6. The SMILES string of the molecule is C=CC(=O)OCC(COC(=O)C(=C)C)O[Si](C)CC[Si](C)(C)O[Si](C)(C)OCCCC[Si](O[Si](C)(C)CC[Si](C)OC(COC(=O)C=C)COC(=O)C(=C)C)(c1ccccc1)c1ccccc1. The second-order valence-electron chi connectivity index (χ2n) is 18.3.